The molecular formula is C19H28O3. The van der Waals surface area contributed by atoms with E-state index in [9.17, 15) is 9.90 Å². The summed E-state index contributed by atoms with van der Waals surface area (Å²) >= 11 is 0. The molecule has 0 bridgehead atoms. The summed E-state index contributed by atoms with van der Waals surface area (Å²) in [6.07, 6.45) is 10.0. The first-order valence-corrected chi connectivity index (χ1v) is 8.18. The molecule has 1 rings (SSSR count). The maximum Gasteiger partial charge on any atom is 0.305 e. The van der Waals surface area contributed by atoms with Crippen LogP contribution in [0.25, 0.3) is 6.08 Å². The molecule has 0 aliphatic rings. The molecule has 3 nitrogen and oxygen atoms in total. The molecule has 22 heavy (non-hydrogen) atoms. The van der Waals surface area contributed by atoms with E-state index in [1.807, 2.05) is 30.3 Å². The molecule has 0 aromatic heterocycles. The number of carbonyl (C=O) groups is 1. The van der Waals surface area contributed by atoms with Crippen LogP contribution >= 0.6 is 0 Å². The van der Waals surface area contributed by atoms with Crippen LogP contribution in [-0.4, -0.2) is 18.2 Å². The van der Waals surface area contributed by atoms with Gasteiger partial charge in [0.05, 0.1) is 13.2 Å². The van der Waals surface area contributed by atoms with Crippen molar-refractivity contribution in [2.24, 2.45) is 0 Å². The highest BCUT2D eigenvalue weighted by molar-refractivity contribution is 5.69. The summed E-state index contributed by atoms with van der Waals surface area (Å²) in [5, 5.41) is 10.2. The molecule has 1 aromatic carbocycles. The molecule has 0 fully saturated rings. The molecule has 0 spiro atoms. The quantitative estimate of drug-likeness (QED) is 0.505. The number of ether oxygens (including phenoxy) is 1. The van der Waals surface area contributed by atoms with Gasteiger partial charge in [-0.15, -0.1) is 0 Å². The summed E-state index contributed by atoms with van der Waals surface area (Å²) in [6.45, 7) is 2.16. The Hall–Kier alpha value is -1.61. The van der Waals surface area contributed by atoms with Crippen LogP contribution in [0.15, 0.2) is 30.3 Å². The van der Waals surface area contributed by atoms with Crippen molar-refractivity contribution in [1.29, 1.82) is 0 Å². The van der Waals surface area contributed by atoms with Crippen LogP contribution in [0.2, 0.25) is 0 Å². The zero-order valence-corrected chi connectivity index (χ0v) is 13.8. The van der Waals surface area contributed by atoms with Gasteiger partial charge in [-0.3, -0.25) is 4.79 Å². The third kappa shape index (κ3) is 7.41. The number of hydrogen-bond acceptors (Lipinski definition) is 3. The van der Waals surface area contributed by atoms with Gasteiger partial charge in [0.15, 0.2) is 0 Å². The number of esters is 1. The standard InChI is InChI=1S/C19H28O3/c1-3-4-6-13-18(20)17-12-9-11-16(15-17)10-7-5-8-14-19(21)22-2/h7,9-12,15,18,20H,3-6,8,13-14H2,1-2H3/b10-7-/t18-/m1/s1. The van der Waals surface area contributed by atoms with Gasteiger partial charge in [-0.1, -0.05) is 56.5 Å². The van der Waals surface area contributed by atoms with Crippen LogP contribution < -0.4 is 0 Å². The molecule has 0 amide bonds. The van der Waals surface area contributed by atoms with Crippen molar-refractivity contribution in [2.45, 2.75) is 58.0 Å². The first-order chi connectivity index (χ1) is 10.7. The van der Waals surface area contributed by atoms with Crippen molar-refractivity contribution in [2.75, 3.05) is 7.11 Å². The topological polar surface area (TPSA) is 46.5 Å². The minimum atomic E-state index is -0.376. The van der Waals surface area contributed by atoms with Crippen LogP contribution in [0, 0.1) is 0 Å². The second-order valence-electron chi connectivity index (χ2n) is 5.55. The van der Waals surface area contributed by atoms with Crippen molar-refractivity contribution in [3.63, 3.8) is 0 Å². The highest BCUT2D eigenvalue weighted by Crippen LogP contribution is 2.21. The highest BCUT2D eigenvalue weighted by Gasteiger charge is 2.06. The van der Waals surface area contributed by atoms with E-state index in [2.05, 4.69) is 17.7 Å². The van der Waals surface area contributed by atoms with Crippen molar-refractivity contribution >= 4 is 12.0 Å². The molecule has 0 unspecified atom stereocenters. The zero-order chi connectivity index (χ0) is 16.2. The number of aliphatic hydroxyl groups is 1. The lowest BCUT2D eigenvalue weighted by molar-refractivity contribution is -0.140. The first kappa shape index (κ1) is 18.4. The Morgan fingerprint density at radius 3 is 2.86 bits per heavy atom. The normalized spacial score (nSPS) is 12.5. The minimum absolute atomic E-state index is 0.161. The lowest BCUT2D eigenvalue weighted by atomic mass is 10.0. The summed E-state index contributed by atoms with van der Waals surface area (Å²) in [7, 11) is 1.41. The van der Waals surface area contributed by atoms with E-state index in [-0.39, 0.29) is 12.1 Å². The number of aliphatic hydroxyl groups excluding tert-OH is 1. The van der Waals surface area contributed by atoms with Gasteiger partial charge in [0.1, 0.15) is 0 Å². The molecule has 0 heterocycles. The van der Waals surface area contributed by atoms with Crippen molar-refractivity contribution in [1.82, 2.24) is 0 Å². The Kier molecular flexibility index (Phi) is 9.24. The third-order valence-electron chi connectivity index (χ3n) is 3.67. The van der Waals surface area contributed by atoms with E-state index in [1.54, 1.807) is 0 Å². The molecular weight excluding hydrogens is 276 g/mol. The molecule has 0 saturated heterocycles. The molecule has 3 heteroatoms. The number of hydrogen-bond donors (Lipinski definition) is 1. The second-order valence-corrected chi connectivity index (χ2v) is 5.55. The van der Waals surface area contributed by atoms with Crippen molar-refractivity contribution in [3.8, 4) is 0 Å². The average molecular weight is 304 g/mol. The van der Waals surface area contributed by atoms with Gasteiger partial charge >= 0.3 is 5.97 Å². The fourth-order valence-corrected chi connectivity index (χ4v) is 2.31. The van der Waals surface area contributed by atoms with Crippen LogP contribution in [0.3, 0.4) is 0 Å². The first-order valence-electron chi connectivity index (χ1n) is 8.18. The van der Waals surface area contributed by atoms with Crippen LogP contribution in [0.5, 0.6) is 0 Å². The molecule has 0 aliphatic carbocycles. The summed E-state index contributed by atoms with van der Waals surface area (Å²) in [4.78, 5) is 11.0. The minimum Gasteiger partial charge on any atom is -0.469 e. The largest absolute Gasteiger partial charge is 0.469 e. The van der Waals surface area contributed by atoms with E-state index < -0.39 is 0 Å². The number of allylic oxidation sites excluding steroid dienone is 1. The van der Waals surface area contributed by atoms with E-state index >= 15 is 0 Å². The van der Waals surface area contributed by atoms with E-state index in [0.717, 1.165) is 43.2 Å². The molecule has 0 saturated carbocycles. The number of methoxy groups -OCH3 is 1. The van der Waals surface area contributed by atoms with Crippen LogP contribution in [-0.2, 0) is 9.53 Å². The maximum absolute atomic E-state index is 11.0. The Balaban J connectivity index is 2.44. The molecule has 0 radical (unpaired) electrons. The number of rotatable bonds is 10. The Morgan fingerprint density at radius 1 is 1.32 bits per heavy atom. The van der Waals surface area contributed by atoms with Crippen molar-refractivity contribution in [3.05, 3.63) is 41.5 Å². The molecule has 122 valence electrons. The van der Waals surface area contributed by atoms with Gasteiger partial charge in [-0.25, -0.2) is 0 Å². The molecule has 1 atom stereocenters. The van der Waals surface area contributed by atoms with Gasteiger partial charge in [-0.2, -0.15) is 0 Å². The Bertz CT molecular complexity index is 466. The number of benzene rings is 1. The lowest BCUT2D eigenvalue weighted by Gasteiger charge is -2.11. The summed E-state index contributed by atoms with van der Waals surface area (Å²) in [5.41, 5.74) is 2.07. The molecule has 1 N–H and O–H groups in total. The highest BCUT2D eigenvalue weighted by atomic mass is 16.5. The Morgan fingerprint density at radius 2 is 2.14 bits per heavy atom. The SMILES string of the molecule is CCCCC[C@@H](O)c1cccc(/C=C\CCCC(=O)OC)c1. The average Bonchev–Trinajstić information content (AvgIpc) is 2.54. The fraction of sp³-hybridized carbons (Fsp3) is 0.526. The number of unbranched alkanes of at least 4 members (excludes halogenated alkanes) is 3. The van der Waals surface area contributed by atoms with E-state index in [0.29, 0.717) is 6.42 Å². The predicted molar refractivity (Wildman–Crippen MR) is 90.4 cm³/mol. The Labute approximate surface area is 134 Å². The lowest BCUT2D eigenvalue weighted by Crippen LogP contribution is -1.98. The third-order valence-corrected chi connectivity index (χ3v) is 3.67. The van der Waals surface area contributed by atoms with Gasteiger partial charge in [0.2, 0.25) is 0 Å². The van der Waals surface area contributed by atoms with Crippen molar-refractivity contribution < 1.29 is 14.6 Å². The van der Waals surface area contributed by atoms with Crippen LogP contribution in [0.4, 0.5) is 0 Å². The summed E-state index contributed by atoms with van der Waals surface area (Å²) in [5.74, 6) is -0.161. The maximum atomic E-state index is 11.0. The second kappa shape index (κ2) is 11.0. The zero-order valence-electron chi connectivity index (χ0n) is 13.8. The van der Waals surface area contributed by atoms with Gasteiger partial charge < -0.3 is 9.84 Å². The predicted octanol–water partition coefficient (Wildman–Crippen LogP) is 4.66. The van der Waals surface area contributed by atoms with Gasteiger partial charge in [0, 0.05) is 6.42 Å². The monoisotopic (exact) mass is 304 g/mol. The molecule has 1 aromatic rings. The fourth-order valence-electron chi connectivity index (χ4n) is 2.31. The number of carbonyl (C=O) groups excluding carboxylic acids is 1. The van der Waals surface area contributed by atoms with Crippen LogP contribution in [0.1, 0.15) is 69.1 Å². The van der Waals surface area contributed by atoms with E-state index in [4.69, 9.17) is 0 Å². The smallest absolute Gasteiger partial charge is 0.305 e. The van der Waals surface area contributed by atoms with Gasteiger partial charge in [-0.05, 0) is 36.5 Å². The summed E-state index contributed by atoms with van der Waals surface area (Å²) in [6, 6.07) is 8.02. The molecule has 0 aliphatic heterocycles. The summed E-state index contributed by atoms with van der Waals surface area (Å²) < 4.78 is 4.61. The van der Waals surface area contributed by atoms with E-state index in [1.165, 1.54) is 13.5 Å². The van der Waals surface area contributed by atoms with Gasteiger partial charge in [0.25, 0.3) is 0 Å².